The van der Waals surface area contributed by atoms with Gasteiger partial charge in [0.05, 0.1) is 0 Å². The Bertz CT molecular complexity index is 506. The maximum absolute atomic E-state index is 11.7. The number of halogens is 1. The average molecular weight is 246 g/mol. The maximum atomic E-state index is 11.7. The number of hydrogen-bond donors (Lipinski definition) is 0. The van der Waals surface area contributed by atoms with Gasteiger partial charge in [0.25, 0.3) is 0 Å². The third kappa shape index (κ3) is 3.61. The summed E-state index contributed by atoms with van der Waals surface area (Å²) in [6, 6.07) is 16.8. The number of benzene rings is 2. The van der Waals surface area contributed by atoms with Crippen LogP contribution in [-0.4, -0.2) is 11.0 Å². The predicted octanol–water partition coefficient (Wildman–Crippen LogP) is 3.47. The summed E-state index contributed by atoms with van der Waals surface area (Å²) in [5.74, 6) is 0. The topological polar surface area (TPSA) is 26.1 Å². The first-order valence-electron chi connectivity index (χ1n) is 5.32. The van der Waals surface area contributed by atoms with Gasteiger partial charge < -0.3 is 5.21 Å². The van der Waals surface area contributed by atoms with Crippen LogP contribution in [-0.2, 0) is 6.54 Å². The Balaban J connectivity index is 2.09. The minimum absolute atomic E-state index is 0.351. The molecule has 0 unspecified atom stereocenters. The van der Waals surface area contributed by atoms with Crippen molar-refractivity contribution in [3.05, 3.63) is 76.0 Å². The highest BCUT2D eigenvalue weighted by molar-refractivity contribution is 6.30. The second kappa shape index (κ2) is 5.51. The highest BCUT2D eigenvalue weighted by atomic mass is 35.5. The Labute approximate surface area is 105 Å². The van der Waals surface area contributed by atoms with Crippen molar-refractivity contribution < 1.29 is 4.74 Å². The van der Waals surface area contributed by atoms with Crippen LogP contribution in [0, 0.1) is 5.21 Å². The molecule has 17 heavy (non-hydrogen) atoms. The Morgan fingerprint density at radius 3 is 2.29 bits per heavy atom. The van der Waals surface area contributed by atoms with E-state index in [1.165, 1.54) is 0 Å². The summed E-state index contributed by atoms with van der Waals surface area (Å²) in [7, 11) is 0. The Kier molecular flexibility index (Phi) is 3.78. The highest BCUT2D eigenvalue weighted by Crippen LogP contribution is 2.08. The predicted molar refractivity (Wildman–Crippen MR) is 70.4 cm³/mol. The van der Waals surface area contributed by atoms with E-state index in [2.05, 4.69) is 0 Å². The van der Waals surface area contributed by atoms with Gasteiger partial charge in [0.15, 0.2) is 12.8 Å². The van der Waals surface area contributed by atoms with Crippen LogP contribution in [0.15, 0.2) is 54.6 Å². The fraction of sp³-hybridized carbons (Fsp3) is 0.0714. The van der Waals surface area contributed by atoms with Crippen LogP contribution in [0.25, 0.3) is 0 Å². The maximum Gasteiger partial charge on any atom is 0.182 e. The molecule has 0 aromatic heterocycles. The molecule has 0 spiro atoms. The van der Waals surface area contributed by atoms with Crippen LogP contribution in [0.4, 0.5) is 0 Å². The van der Waals surface area contributed by atoms with E-state index >= 15 is 0 Å². The summed E-state index contributed by atoms with van der Waals surface area (Å²) in [6.07, 6.45) is 1.56. The lowest BCUT2D eigenvalue weighted by Crippen LogP contribution is -2.05. The van der Waals surface area contributed by atoms with Gasteiger partial charge in [0.2, 0.25) is 0 Å². The fourth-order valence-electron chi connectivity index (χ4n) is 1.52. The summed E-state index contributed by atoms with van der Waals surface area (Å²) in [4.78, 5) is 0. The van der Waals surface area contributed by atoms with Gasteiger partial charge in [-0.2, -0.15) is 0 Å². The smallest absolute Gasteiger partial charge is 0.182 e. The van der Waals surface area contributed by atoms with Crippen molar-refractivity contribution in [2.45, 2.75) is 6.54 Å². The highest BCUT2D eigenvalue weighted by Gasteiger charge is 1.98. The first-order chi connectivity index (χ1) is 8.24. The van der Waals surface area contributed by atoms with Crippen molar-refractivity contribution in [3.63, 3.8) is 0 Å². The van der Waals surface area contributed by atoms with E-state index < -0.39 is 0 Å². The van der Waals surface area contributed by atoms with E-state index in [1.54, 1.807) is 18.3 Å². The first kappa shape index (κ1) is 11.7. The lowest BCUT2D eigenvalue weighted by Gasteiger charge is -2.03. The van der Waals surface area contributed by atoms with Crippen LogP contribution < -0.4 is 0 Å². The zero-order valence-corrected chi connectivity index (χ0v) is 9.97. The summed E-state index contributed by atoms with van der Waals surface area (Å²) in [5.41, 5.74) is 1.84. The third-order valence-corrected chi connectivity index (χ3v) is 2.60. The molecule has 3 heteroatoms. The largest absolute Gasteiger partial charge is 0.624 e. The molecule has 0 fully saturated rings. The summed E-state index contributed by atoms with van der Waals surface area (Å²) in [6.45, 7) is 0.351. The SMILES string of the molecule is [O-][N+](=Cc1ccc(Cl)cc1)Cc1ccccc1. The molecule has 0 saturated carbocycles. The van der Waals surface area contributed by atoms with Crippen molar-refractivity contribution in [2.75, 3.05) is 0 Å². The molecule has 2 nitrogen and oxygen atoms in total. The minimum atomic E-state index is 0.351. The molecule has 0 N–H and O–H groups in total. The van der Waals surface area contributed by atoms with Gasteiger partial charge in [0, 0.05) is 16.1 Å². The zero-order valence-electron chi connectivity index (χ0n) is 9.21. The molecule has 0 saturated heterocycles. The summed E-state index contributed by atoms with van der Waals surface area (Å²) >= 11 is 5.77. The van der Waals surface area contributed by atoms with Gasteiger partial charge in [-0.25, -0.2) is 4.74 Å². The van der Waals surface area contributed by atoms with Crippen LogP contribution in [0.5, 0.6) is 0 Å². The van der Waals surface area contributed by atoms with Gasteiger partial charge in [-0.3, -0.25) is 0 Å². The van der Waals surface area contributed by atoms with E-state index in [0.29, 0.717) is 11.6 Å². The summed E-state index contributed by atoms with van der Waals surface area (Å²) < 4.78 is 0.915. The molecule has 2 aromatic rings. The normalized spacial score (nSPS) is 11.5. The average Bonchev–Trinajstić information content (AvgIpc) is 2.33. The molecule has 0 atom stereocenters. The lowest BCUT2D eigenvalue weighted by atomic mass is 10.2. The van der Waals surface area contributed by atoms with E-state index in [0.717, 1.165) is 15.9 Å². The quantitative estimate of drug-likeness (QED) is 0.352. The van der Waals surface area contributed by atoms with Crippen molar-refractivity contribution in [3.8, 4) is 0 Å². The molecule has 0 radical (unpaired) electrons. The molecule has 0 aliphatic rings. The molecule has 2 rings (SSSR count). The van der Waals surface area contributed by atoms with Gasteiger partial charge in [-0.1, -0.05) is 41.9 Å². The first-order valence-corrected chi connectivity index (χ1v) is 5.70. The van der Waals surface area contributed by atoms with E-state index in [9.17, 15) is 5.21 Å². The number of nitrogens with zero attached hydrogens (tertiary/aromatic N) is 1. The van der Waals surface area contributed by atoms with Gasteiger partial charge in [-0.15, -0.1) is 0 Å². The van der Waals surface area contributed by atoms with Crippen molar-refractivity contribution in [1.29, 1.82) is 0 Å². The fourth-order valence-corrected chi connectivity index (χ4v) is 1.65. The Hall–Kier alpha value is -1.80. The second-order valence-electron chi connectivity index (χ2n) is 3.74. The van der Waals surface area contributed by atoms with Crippen molar-refractivity contribution in [2.24, 2.45) is 0 Å². The van der Waals surface area contributed by atoms with Gasteiger partial charge in [0.1, 0.15) is 0 Å². The molecular weight excluding hydrogens is 234 g/mol. The van der Waals surface area contributed by atoms with Crippen molar-refractivity contribution in [1.82, 2.24) is 0 Å². The standard InChI is InChI=1S/C14H12ClNO/c15-14-8-6-13(7-9-14)11-16(17)10-12-4-2-1-3-5-12/h1-9,11H,10H2. The molecule has 0 aliphatic carbocycles. The Morgan fingerprint density at radius 1 is 1.00 bits per heavy atom. The number of rotatable bonds is 3. The number of hydroxylamine groups is 1. The number of hydrogen-bond acceptors (Lipinski definition) is 1. The van der Waals surface area contributed by atoms with Gasteiger partial charge >= 0.3 is 0 Å². The molecule has 2 aromatic carbocycles. The monoisotopic (exact) mass is 245 g/mol. The molecular formula is C14H12ClNO. The molecule has 0 heterocycles. The van der Waals surface area contributed by atoms with Gasteiger partial charge in [-0.05, 0) is 24.3 Å². The van der Waals surface area contributed by atoms with E-state index in [-0.39, 0.29) is 0 Å². The van der Waals surface area contributed by atoms with Crippen molar-refractivity contribution >= 4 is 17.8 Å². The molecule has 0 aliphatic heterocycles. The molecule has 86 valence electrons. The molecule has 0 bridgehead atoms. The van der Waals surface area contributed by atoms with Crippen LogP contribution >= 0.6 is 11.6 Å². The van der Waals surface area contributed by atoms with Crippen LogP contribution in [0.3, 0.4) is 0 Å². The zero-order chi connectivity index (χ0) is 12.1. The lowest BCUT2D eigenvalue weighted by molar-refractivity contribution is -0.469. The van der Waals surface area contributed by atoms with E-state index in [4.69, 9.17) is 11.6 Å². The molecule has 0 amide bonds. The second-order valence-corrected chi connectivity index (χ2v) is 4.18. The van der Waals surface area contributed by atoms with Crippen LogP contribution in [0.2, 0.25) is 5.02 Å². The minimum Gasteiger partial charge on any atom is -0.624 e. The van der Waals surface area contributed by atoms with Crippen LogP contribution in [0.1, 0.15) is 11.1 Å². The van der Waals surface area contributed by atoms with E-state index in [1.807, 2.05) is 42.5 Å². The summed E-state index contributed by atoms with van der Waals surface area (Å²) in [5, 5.41) is 12.4. The Morgan fingerprint density at radius 2 is 1.65 bits per heavy atom. The third-order valence-electron chi connectivity index (χ3n) is 2.34.